The van der Waals surface area contributed by atoms with Gasteiger partial charge in [0.1, 0.15) is 0 Å². The molecule has 0 aromatic heterocycles. The first-order chi connectivity index (χ1) is 9.74. The van der Waals surface area contributed by atoms with E-state index in [4.69, 9.17) is 4.74 Å². The highest BCUT2D eigenvalue weighted by atomic mass is 16.5. The molecule has 20 heavy (non-hydrogen) atoms. The molecule has 0 spiro atoms. The van der Waals surface area contributed by atoms with E-state index in [1.807, 2.05) is 0 Å². The monoisotopic (exact) mass is 283 g/mol. The minimum atomic E-state index is 0.609. The van der Waals surface area contributed by atoms with E-state index in [-0.39, 0.29) is 0 Å². The van der Waals surface area contributed by atoms with Gasteiger partial charge in [-0.3, -0.25) is 9.80 Å². The van der Waals surface area contributed by atoms with Crippen LogP contribution in [-0.4, -0.2) is 74.4 Å². The van der Waals surface area contributed by atoms with Gasteiger partial charge in [0.05, 0.1) is 6.61 Å². The van der Waals surface area contributed by atoms with E-state index in [0.29, 0.717) is 18.0 Å². The molecule has 4 heteroatoms. The molecule has 1 N–H and O–H groups in total. The standard InChI is InChI=1S/C16H33N3O/c1-4-7-17-16(15-6-10-20-13-15)12-18-8-9-19(5-2)14(3)11-18/h14-17H,4-13H2,1-3H3. The van der Waals surface area contributed by atoms with Crippen molar-refractivity contribution >= 4 is 0 Å². The van der Waals surface area contributed by atoms with Gasteiger partial charge in [0.25, 0.3) is 0 Å². The molecular formula is C16H33N3O. The summed E-state index contributed by atoms with van der Waals surface area (Å²) in [5.74, 6) is 0.709. The Morgan fingerprint density at radius 2 is 2.15 bits per heavy atom. The molecule has 0 radical (unpaired) electrons. The van der Waals surface area contributed by atoms with Crippen molar-refractivity contribution in [1.29, 1.82) is 0 Å². The maximum atomic E-state index is 5.60. The Kier molecular flexibility index (Phi) is 6.75. The second-order valence-electron chi connectivity index (χ2n) is 6.42. The van der Waals surface area contributed by atoms with Gasteiger partial charge in [0, 0.05) is 50.8 Å². The molecule has 2 rings (SSSR count). The molecule has 118 valence electrons. The quantitative estimate of drug-likeness (QED) is 0.765. The molecule has 2 fully saturated rings. The van der Waals surface area contributed by atoms with E-state index >= 15 is 0 Å². The number of ether oxygens (including phenoxy) is 1. The van der Waals surface area contributed by atoms with Gasteiger partial charge in [-0.15, -0.1) is 0 Å². The number of rotatable bonds is 7. The predicted octanol–water partition coefficient (Wildman–Crippen LogP) is 1.42. The van der Waals surface area contributed by atoms with Crippen molar-refractivity contribution in [2.75, 3.05) is 52.5 Å². The van der Waals surface area contributed by atoms with Crippen LogP contribution >= 0.6 is 0 Å². The van der Waals surface area contributed by atoms with Crippen molar-refractivity contribution in [3.63, 3.8) is 0 Å². The molecule has 3 unspecified atom stereocenters. The van der Waals surface area contributed by atoms with Gasteiger partial charge in [0.15, 0.2) is 0 Å². The van der Waals surface area contributed by atoms with E-state index in [9.17, 15) is 0 Å². The number of nitrogens with one attached hydrogen (secondary N) is 1. The topological polar surface area (TPSA) is 27.7 Å². The van der Waals surface area contributed by atoms with Crippen LogP contribution in [0.1, 0.15) is 33.6 Å². The second kappa shape index (κ2) is 8.32. The van der Waals surface area contributed by atoms with Crippen LogP contribution in [0.25, 0.3) is 0 Å². The predicted molar refractivity (Wildman–Crippen MR) is 84.2 cm³/mol. The van der Waals surface area contributed by atoms with Crippen LogP contribution in [0.4, 0.5) is 0 Å². The highest BCUT2D eigenvalue weighted by Gasteiger charge is 2.29. The van der Waals surface area contributed by atoms with Crippen molar-refractivity contribution in [1.82, 2.24) is 15.1 Å². The van der Waals surface area contributed by atoms with Crippen LogP contribution in [0.15, 0.2) is 0 Å². The van der Waals surface area contributed by atoms with Gasteiger partial charge in [0.2, 0.25) is 0 Å². The first-order valence-electron chi connectivity index (χ1n) is 8.52. The van der Waals surface area contributed by atoms with Crippen LogP contribution in [-0.2, 0) is 4.74 Å². The van der Waals surface area contributed by atoms with Crippen LogP contribution < -0.4 is 5.32 Å². The Labute approximate surface area is 124 Å². The fraction of sp³-hybridized carbons (Fsp3) is 1.00. The lowest BCUT2D eigenvalue weighted by Crippen LogP contribution is -2.55. The molecule has 0 aromatic carbocycles. The van der Waals surface area contributed by atoms with Crippen LogP contribution in [0.3, 0.4) is 0 Å². The van der Waals surface area contributed by atoms with Gasteiger partial charge in [-0.1, -0.05) is 13.8 Å². The molecule has 0 bridgehead atoms. The largest absolute Gasteiger partial charge is 0.381 e. The Morgan fingerprint density at radius 3 is 2.75 bits per heavy atom. The van der Waals surface area contributed by atoms with E-state index in [2.05, 4.69) is 35.9 Å². The average Bonchev–Trinajstić information content (AvgIpc) is 2.97. The summed E-state index contributed by atoms with van der Waals surface area (Å²) >= 11 is 0. The fourth-order valence-electron chi connectivity index (χ4n) is 3.56. The summed E-state index contributed by atoms with van der Waals surface area (Å²) in [7, 11) is 0. The summed E-state index contributed by atoms with van der Waals surface area (Å²) in [4.78, 5) is 5.24. The lowest BCUT2D eigenvalue weighted by molar-refractivity contribution is 0.0734. The summed E-state index contributed by atoms with van der Waals surface area (Å²) in [5, 5.41) is 3.76. The third-order valence-electron chi connectivity index (χ3n) is 4.90. The van der Waals surface area contributed by atoms with Gasteiger partial charge in [-0.2, -0.15) is 0 Å². The van der Waals surface area contributed by atoms with Crippen molar-refractivity contribution in [2.45, 2.75) is 45.7 Å². The van der Waals surface area contributed by atoms with Crippen molar-refractivity contribution < 1.29 is 4.74 Å². The summed E-state index contributed by atoms with van der Waals surface area (Å²) < 4.78 is 5.60. The summed E-state index contributed by atoms with van der Waals surface area (Å²) in [5.41, 5.74) is 0. The Balaban J connectivity index is 1.83. The minimum Gasteiger partial charge on any atom is -0.381 e. The SMILES string of the molecule is CCCNC(CN1CCN(CC)C(C)C1)C1CCOC1. The number of likely N-dealkylation sites (N-methyl/N-ethyl adjacent to an activating group) is 1. The number of hydrogen-bond donors (Lipinski definition) is 1. The molecule has 2 saturated heterocycles. The Bertz CT molecular complexity index is 268. The van der Waals surface area contributed by atoms with E-state index in [0.717, 1.165) is 19.8 Å². The number of piperazine rings is 1. The maximum absolute atomic E-state index is 5.60. The first-order valence-corrected chi connectivity index (χ1v) is 8.52. The van der Waals surface area contributed by atoms with Crippen molar-refractivity contribution in [3.05, 3.63) is 0 Å². The van der Waals surface area contributed by atoms with Crippen molar-refractivity contribution in [3.8, 4) is 0 Å². The van der Waals surface area contributed by atoms with Gasteiger partial charge < -0.3 is 10.1 Å². The Hall–Kier alpha value is -0.160. The fourth-order valence-corrected chi connectivity index (χ4v) is 3.56. The maximum Gasteiger partial charge on any atom is 0.0510 e. The molecule has 0 aromatic rings. The molecular weight excluding hydrogens is 250 g/mol. The van der Waals surface area contributed by atoms with E-state index in [1.54, 1.807) is 0 Å². The molecule has 3 atom stereocenters. The zero-order valence-electron chi connectivity index (χ0n) is 13.6. The average molecular weight is 283 g/mol. The third kappa shape index (κ3) is 4.42. The second-order valence-corrected chi connectivity index (χ2v) is 6.42. The zero-order valence-corrected chi connectivity index (χ0v) is 13.6. The van der Waals surface area contributed by atoms with Gasteiger partial charge >= 0.3 is 0 Å². The molecule has 0 saturated carbocycles. The van der Waals surface area contributed by atoms with E-state index in [1.165, 1.54) is 45.6 Å². The molecule has 2 aliphatic heterocycles. The normalized spacial score (nSPS) is 30.8. The van der Waals surface area contributed by atoms with E-state index < -0.39 is 0 Å². The lowest BCUT2D eigenvalue weighted by atomic mass is 9.97. The number of hydrogen-bond acceptors (Lipinski definition) is 4. The first kappa shape index (κ1) is 16.2. The minimum absolute atomic E-state index is 0.609. The Morgan fingerprint density at radius 1 is 1.30 bits per heavy atom. The summed E-state index contributed by atoms with van der Waals surface area (Å²) in [6.07, 6.45) is 2.44. The molecule has 2 aliphatic rings. The molecule has 2 heterocycles. The summed E-state index contributed by atoms with van der Waals surface area (Å²) in [6.45, 7) is 15.9. The van der Waals surface area contributed by atoms with Crippen LogP contribution in [0.5, 0.6) is 0 Å². The van der Waals surface area contributed by atoms with Crippen molar-refractivity contribution in [2.24, 2.45) is 5.92 Å². The van der Waals surface area contributed by atoms with Gasteiger partial charge in [-0.05, 0) is 32.9 Å². The molecule has 4 nitrogen and oxygen atoms in total. The highest BCUT2D eigenvalue weighted by Crippen LogP contribution is 2.19. The number of nitrogens with zero attached hydrogens (tertiary/aromatic N) is 2. The summed E-state index contributed by atoms with van der Waals surface area (Å²) in [6, 6.07) is 1.30. The molecule has 0 aliphatic carbocycles. The highest BCUT2D eigenvalue weighted by molar-refractivity contribution is 4.86. The smallest absolute Gasteiger partial charge is 0.0510 e. The van der Waals surface area contributed by atoms with Crippen LogP contribution in [0, 0.1) is 5.92 Å². The zero-order chi connectivity index (χ0) is 14.4. The lowest BCUT2D eigenvalue weighted by Gasteiger charge is -2.41. The third-order valence-corrected chi connectivity index (χ3v) is 4.90. The van der Waals surface area contributed by atoms with Gasteiger partial charge in [-0.25, -0.2) is 0 Å². The molecule has 0 amide bonds. The van der Waals surface area contributed by atoms with Crippen LogP contribution in [0.2, 0.25) is 0 Å².